The molecule has 10 heavy (non-hydrogen) atoms. The standard InChI is InChI=1S/C7H16N2.ClH/c1-7(2)3-4-9-5-6(7)8;/h6,9H,3-5,8H2,1-2H3;1H/t6-;/m0./s1. The number of hydrogen-bond donors (Lipinski definition) is 2. The smallest absolute Gasteiger partial charge is 0.0217 e. The highest BCUT2D eigenvalue weighted by Gasteiger charge is 2.28. The molecule has 1 heterocycles. The lowest BCUT2D eigenvalue weighted by molar-refractivity contribution is 0.217. The number of rotatable bonds is 0. The summed E-state index contributed by atoms with van der Waals surface area (Å²) in [5.41, 5.74) is 6.20. The molecule has 0 radical (unpaired) electrons. The summed E-state index contributed by atoms with van der Waals surface area (Å²) in [7, 11) is 0. The molecule has 1 fully saturated rings. The number of halogens is 1. The van der Waals surface area contributed by atoms with Gasteiger partial charge in [0.2, 0.25) is 0 Å². The molecule has 0 bridgehead atoms. The molecule has 0 aliphatic carbocycles. The molecule has 3 heteroatoms. The van der Waals surface area contributed by atoms with Crippen LogP contribution in [0, 0.1) is 5.41 Å². The zero-order valence-corrected chi connectivity index (χ0v) is 7.50. The summed E-state index contributed by atoms with van der Waals surface area (Å²) in [6.45, 7) is 6.57. The molecule has 62 valence electrons. The Morgan fingerprint density at radius 2 is 2.10 bits per heavy atom. The van der Waals surface area contributed by atoms with Crippen LogP contribution in [0.3, 0.4) is 0 Å². The van der Waals surface area contributed by atoms with E-state index in [2.05, 4.69) is 19.2 Å². The fourth-order valence-electron chi connectivity index (χ4n) is 1.13. The molecule has 0 aromatic rings. The Hall–Kier alpha value is 0.210. The normalized spacial score (nSPS) is 30.9. The van der Waals surface area contributed by atoms with Crippen molar-refractivity contribution in [2.75, 3.05) is 13.1 Å². The third kappa shape index (κ3) is 2.11. The Labute approximate surface area is 69.0 Å². The average Bonchev–Trinajstić information content (AvgIpc) is 1.77. The van der Waals surface area contributed by atoms with Crippen LogP contribution >= 0.6 is 12.4 Å². The van der Waals surface area contributed by atoms with Crippen molar-refractivity contribution in [1.82, 2.24) is 5.32 Å². The van der Waals surface area contributed by atoms with Crippen LogP contribution in [-0.4, -0.2) is 19.1 Å². The fraction of sp³-hybridized carbons (Fsp3) is 1.00. The molecule has 1 aliphatic rings. The van der Waals surface area contributed by atoms with E-state index in [0.717, 1.165) is 13.1 Å². The maximum atomic E-state index is 5.85. The third-order valence-electron chi connectivity index (χ3n) is 2.31. The van der Waals surface area contributed by atoms with Crippen LogP contribution in [0.1, 0.15) is 20.3 Å². The second-order valence-electron chi connectivity index (χ2n) is 3.55. The monoisotopic (exact) mass is 164 g/mol. The molecule has 0 unspecified atom stereocenters. The lowest BCUT2D eigenvalue weighted by atomic mass is 9.79. The Bertz CT molecular complexity index is 104. The minimum atomic E-state index is 0. The zero-order chi connectivity index (χ0) is 6.91. The summed E-state index contributed by atoms with van der Waals surface area (Å²) in [6.07, 6.45) is 1.20. The van der Waals surface area contributed by atoms with Crippen LogP contribution in [0.5, 0.6) is 0 Å². The van der Waals surface area contributed by atoms with Crippen molar-refractivity contribution >= 4 is 12.4 Å². The highest BCUT2D eigenvalue weighted by molar-refractivity contribution is 5.85. The van der Waals surface area contributed by atoms with E-state index in [0.29, 0.717) is 11.5 Å². The first-order valence-electron chi connectivity index (χ1n) is 3.59. The van der Waals surface area contributed by atoms with Gasteiger partial charge in [0, 0.05) is 12.6 Å². The highest BCUT2D eigenvalue weighted by Crippen LogP contribution is 2.25. The zero-order valence-electron chi connectivity index (χ0n) is 6.68. The minimum absolute atomic E-state index is 0. The molecule has 1 aliphatic heterocycles. The van der Waals surface area contributed by atoms with E-state index in [1.54, 1.807) is 0 Å². The van der Waals surface area contributed by atoms with Gasteiger partial charge in [-0.1, -0.05) is 13.8 Å². The predicted molar refractivity (Wildman–Crippen MR) is 46.5 cm³/mol. The van der Waals surface area contributed by atoms with E-state index >= 15 is 0 Å². The molecule has 1 rings (SSSR count). The van der Waals surface area contributed by atoms with Crippen molar-refractivity contribution in [2.24, 2.45) is 11.1 Å². The van der Waals surface area contributed by atoms with E-state index < -0.39 is 0 Å². The van der Waals surface area contributed by atoms with E-state index in [1.807, 2.05) is 0 Å². The lowest BCUT2D eigenvalue weighted by Crippen LogP contribution is -2.50. The van der Waals surface area contributed by atoms with Gasteiger partial charge in [-0.2, -0.15) is 0 Å². The predicted octanol–water partition coefficient (Wildman–Crippen LogP) is 0.755. The Morgan fingerprint density at radius 3 is 2.40 bits per heavy atom. The SMILES string of the molecule is CC1(C)CCNC[C@@H]1N.Cl. The van der Waals surface area contributed by atoms with Crippen molar-refractivity contribution in [1.29, 1.82) is 0 Å². The summed E-state index contributed by atoms with van der Waals surface area (Å²) in [5.74, 6) is 0. The van der Waals surface area contributed by atoms with Crippen molar-refractivity contribution in [3.8, 4) is 0 Å². The first kappa shape index (κ1) is 10.2. The maximum Gasteiger partial charge on any atom is 0.0217 e. The van der Waals surface area contributed by atoms with E-state index in [1.165, 1.54) is 6.42 Å². The van der Waals surface area contributed by atoms with Gasteiger partial charge >= 0.3 is 0 Å². The summed E-state index contributed by atoms with van der Waals surface area (Å²) >= 11 is 0. The van der Waals surface area contributed by atoms with Crippen LogP contribution in [0.25, 0.3) is 0 Å². The topological polar surface area (TPSA) is 38.0 Å². The second-order valence-corrected chi connectivity index (χ2v) is 3.55. The second kappa shape index (κ2) is 3.56. The van der Waals surface area contributed by atoms with E-state index in [-0.39, 0.29) is 12.4 Å². The Balaban J connectivity index is 0.000000810. The van der Waals surface area contributed by atoms with Gasteiger partial charge in [0.1, 0.15) is 0 Å². The van der Waals surface area contributed by atoms with Crippen molar-refractivity contribution in [3.05, 3.63) is 0 Å². The minimum Gasteiger partial charge on any atom is -0.326 e. The van der Waals surface area contributed by atoms with Gasteiger partial charge in [-0.3, -0.25) is 0 Å². The summed E-state index contributed by atoms with van der Waals surface area (Å²) < 4.78 is 0. The highest BCUT2D eigenvalue weighted by atomic mass is 35.5. The average molecular weight is 165 g/mol. The van der Waals surface area contributed by atoms with Gasteiger partial charge in [-0.25, -0.2) is 0 Å². The van der Waals surface area contributed by atoms with Crippen LogP contribution in [0.15, 0.2) is 0 Å². The van der Waals surface area contributed by atoms with Crippen molar-refractivity contribution < 1.29 is 0 Å². The Morgan fingerprint density at radius 1 is 1.50 bits per heavy atom. The summed E-state index contributed by atoms with van der Waals surface area (Å²) in [6, 6.07) is 0.339. The van der Waals surface area contributed by atoms with Gasteiger partial charge in [0.15, 0.2) is 0 Å². The van der Waals surface area contributed by atoms with Gasteiger partial charge in [-0.15, -0.1) is 12.4 Å². The van der Waals surface area contributed by atoms with Crippen molar-refractivity contribution in [3.63, 3.8) is 0 Å². The van der Waals surface area contributed by atoms with Crippen LogP contribution < -0.4 is 11.1 Å². The number of nitrogens with one attached hydrogen (secondary N) is 1. The van der Waals surface area contributed by atoms with E-state index in [9.17, 15) is 0 Å². The number of piperidine rings is 1. The van der Waals surface area contributed by atoms with Gasteiger partial charge in [-0.05, 0) is 18.4 Å². The molecular weight excluding hydrogens is 148 g/mol. The largest absolute Gasteiger partial charge is 0.326 e. The van der Waals surface area contributed by atoms with Crippen LogP contribution in [0.2, 0.25) is 0 Å². The third-order valence-corrected chi connectivity index (χ3v) is 2.31. The summed E-state index contributed by atoms with van der Waals surface area (Å²) in [4.78, 5) is 0. The van der Waals surface area contributed by atoms with Crippen molar-refractivity contribution in [2.45, 2.75) is 26.3 Å². The molecule has 0 aromatic carbocycles. The molecule has 0 saturated carbocycles. The maximum absolute atomic E-state index is 5.85. The Kier molecular flexibility index (Phi) is 3.63. The molecule has 0 amide bonds. The molecule has 1 atom stereocenters. The fourth-order valence-corrected chi connectivity index (χ4v) is 1.13. The lowest BCUT2D eigenvalue weighted by Gasteiger charge is -2.36. The first-order chi connectivity index (χ1) is 4.13. The number of nitrogens with two attached hydrogens (primary N) is 1. The first-order valence-corrected chi connectivity index (χ1v) is 3.59. The van der Waals surface area contributed by atoms with Gasteiger partial charge in [0.05, 0.1) is 0 Å². The molecule has 0 spiro atoms. The molecule has 3 N–H and O–H groups in total. The van der Waals surface area contributed by atoms with Crippen LogP contribution in [0.4, 0.5) is 0 Å². The molecule has 1 saturated heterocycles. The molecular formula is C7H17ClN2. The van der Waals surface area contributed by atoms with Gasteiger partial charge in [0.25, 0.3) is 0 Å². The quantitative estimate of drug-likeness (QED) is 0.555. The van der Waals surface area contributed by atoms with Crippen LogP contribution in [-0.2, 0) is 0 Å². The molecule has 0 aromatic heterocycles. The molecule has 2 nitrogen and oxygen atoms in total. The number of hydrogen-bond acceptors (Lipinski definition) is 2. The van der Waals surface area contributed by atoms with E-state index in [4.69, 9.17) is 5.73 Å². The summed E-state index contributed by atoms with van der Waals surface area (Å²) in [5, 5.41) is 3.27. The van der Waals surface area contributed by atoms with Gasteiger partial charge < -0.3 is 11.1 Å².